The van der Waals surface area contributed by atoms with E-state index in [4.69, 9.17) is 4.98 Å². The first kappa shape index (κ1) is 17.9. The molecule has 4 rings (SSSR count). The van der Waals surface area contributed by atoms with E-state index >= 15 is 0 Å². The second-order valence-corrected chi connectivity index (χ2v) is 7.79. The highest BCUT2D eigenvalue weighted by molar-refractivity contribution is 5.29. The van der Waals surface area contributed by atoms with Crippen LogP contribution in [0, 0.1) is 0 Å². The number of benzene rings is 1. The predicted molar refractivity (Wildman–Crippen MR) is 109 cm³/mol. The molecule has 4 heteroatoms. The van der Waals surface area contributed by atoms with Gasteiger partial charge in [0.1, 0.15) is 11.6 Å². The fourth-order valence-electron chi connectivity index (χ4n) is 4.02. The summed E-state index contributed by atoms with van der Waals surface area (Å²) in [6, 6.07) is 17.2. The van der Waals surface area contributed by atoms with Crippen LogP contribution in [0.25, 0.3) is 5.82 Å². The monoisotopic (exact) mass is 360 g/mol. The minimum atomic E-state index is 0.376. The molecule has 1 saturated heterocycles. The minimum absolute atomic E-state index is 0.376. The van der Waals surface area contributed by atoms with E-state index in [1.54, 1.807) is 0 Å². The van der Waals surface area contributed by atoms with Gasteiger partial charge in [0.15, 0.2) is 0 Å². The van der Waals surface area contributed by atoms with Crippen molar-refractivity contribution in [1.82, 2.24) is 19.4 Å². The molecule has 0 amide bonds. The molecule has 0 aliphatic carbocycles. The van der Waals surface area contributed by atoms with Crippen LogP contribution in [0.1, 0.15) is 55.6 Å². The van der Waals surface area contributed by atoms with Gasteiger partial charge >= 0.3 is 0 Å². The zero-order valence-corrected chi connectivity index (χ0v) is 16.3. The van der Waals surface area contributed by atoms with Crippen molar-refractivity contribution in [3.8, 4) is 5.82 Å². The smallest absolute Gasteiger partial charge is 0.138 e. The molecule has 0 bridgehead atoms. The number of rotatable bonds is 5. The van der Waals surface area contributed by atoms with Crippen LogP contribution in [-0.4, -0.2) is 32.5 Å². The van der Waals surface area contributed by atoms with Crippen molar-refractivity contribution in [2.45, 2.75) is 45.1 Å². The van der Waals surface area contributed by atoms with Gasteiger partial charge in [0, 0.05) is 43.0 Å². The highest BCUT2D eigenvalue weighted by Gasteiger charge is 2.23. The lowest BCUT2D eigenvalue weighted by atomic mass is 9.94. The molecule has 1 atom stereocenters. The molecule has 1 aliphatic rings. The summed E-state index contributed by atoms with van der Waals surface area (Å²) in [7, 11) is 0. The summed E-state index contributed by atoms with van der Waals surface area (Å²) in [4.78, 5) is 12.1. The van der Waals surface area contributed by atoms with Crippen LogP contribution in [0.5, 0.6) is 0 Å². The number of hydrogen-bond donors (Lipinski definition) is 0. The van der Waals surface area contributed by atoms with E-state index < -0.39 is 0 Å². The molecule has 1 aromatic carbocycles. The molecule has 1 aliphatic heterocycles. The van der Waals surface area contributed by atoms with Gasteiger partial charge in [0.2, 0.25) is 0 Å². The molecule has 0 spiro atoms. The molecule has 3 aromatic rings. The van der Waals surface area contributed by atoms with E-state index in [-0.39, 0.29) is 0 Å². The zero-order chi connectivity index (χ0) is 18.6. The fraction of sp³-hybridized carbons (Fsp3) is 0.391. The number of nitrogens with zero attached hydrogens (tertiary/aromatic N) is 4. The standard InChI is InChI=1S/C23H28N4/c1-18(2)23-24-13-15-27(23)22-12-6-11-21(25-22)20-10-7-14-26(17-20)16-19-8-4-3-5-9-19/h3-6,8-9,11-13,15,18,20H,7,10,14,16-17H2,1-2H3/t20-/m0/s1. The van der Waals surface area contributed by atoms with Gasteiger partial charge in [-0.2, -0.15) is 0 Å². The van der Waals surface area contributed by atoms with E-state index in [0.29, 0.717) is 11.8 Å². The topological polar surface area (TPSA) is 34.0 Å². The number of likely N-dealkylation sites (tertiary alicyclic amines) is 1. The summed E-state index contributed by atoms with van der Waals surface area (Å²) >= 11 is 0. The van der Waals surface area contributed by atoms with Gasteiger partial charge in [-0.15, -0.1) is 0 Å². The molecule has 140 valence electrons. The van der Waals surface area contributed by atoms with Crippen molar-refractivity contribution >= 4 is 0 Å². The molecule has 27 heavy (non-hydrogen) atoms. The third kappa shape index (κ3) is 4.11. The highest BCUT2D eigenvalue weighted by atomic mass is 15.1. The Kier molecular flexibility index (Phi) is 5.35. The maximum Gasteiger partial charge on any atom is 0.138 e. The molecular formula is C23H28N4. The van der Waals surface area contributed by atoms with E-state index in [0.717, 1.165) is 24.7 Å². The van der Waals surface area contributed by atoms with Crippen LogP contribution in [0.4, 0.5) is 0 Å². The number of hydrogen-bond acceptors (Lipinski definition) is 3. The lowest BCUT2D eigenvalue weighted by Crippen LogP contribution is -2.34. The third-order valence-corrected chi connectivity index (χ3v) is 5.36. The maximum absolute atomic E-state index is 5.02. The van der Waals surface area contributed by atoms with Gasteiger partial charge in [-0.3, -0.25) is 9.47 Å². The normalized spacial score (nSPS) is 18.1. The number of pyridine rings is 1. The van der Waals surface area contributed by atoms with Crippen LogP contribution in [0.15, 0.2) is 60.9 Å². The van der Waals surface area contributed by atoms with E-state index in [1.165, 1.54) is 30.6 Å². The van der Waals surface area contributed by atoms with Crippen molar-refractivity contribution in [3.63, 3.8) is 0 Å². The Morgan fingerprint density at radius 3 is 2.74 bits per heavy atom. The number of piperidine rings is 1. The predicted octanol–water partition coefficient (Wildman–Crippen LogP) is 4.77. The molecule has 0 N–H and O–H groups in total. The summed E-state index contributed by atoms with van der Waals surface area (Å²) in [6.07, 6.45) is 6.32. The maximum atomic E-state index is 5.02. The van der Waals surface area contributed by atoms with Crippen LogP contribution >= 0.6 is 0 Å². The van der Waals surface area contributed by atoms with Crippen molar-refractivity contribution in [2.24, 2.45) is 0 Å². The molecular weight excluding hydrogens is 332 g/mol. The third-order valence-electron chi connectivity index (χ3n) is 5.36. The summed E-state index contributed by atoms with van der Waals surface area (Å²) < 4.78 is 2.12. The minimum Gasteiger partial charge on any atom is -0.298 e. The first-order valence-electron chi connectivity index (χ1n) is 9.97. The van der Waals surface area contributed by atoms with E-state index in [1.807, 2.05) is 12.4 Å². The van der Waals surface area contributed by atoms with Gasteiger partial charge in [-0.1, -0.05) is 50.2 Å². The Morgan fingerprint density at radius 2 is 1.93 bits per heavy atom. The Balaban J connectivity index is 1.52. The molecule has 0 saturated carbocycles. The average Bonchev–Trinajstić information content (AvgIpc) is 3.19. The first-order chi connectivity index (χ1) is 13.2. The molecule has 0 unspecified atom stereocenters. The first-order valence-corrected chi connectivity index (χ1v) is 9.97. The largest absolute Gasteiger partial charge is 0.298 e. The molecule has 1 fully saturated rings. The number of imidazole rings is 1. The SMILES string of the molecule is CC(C)c1nccn1-c1cccc([C@H]2CCCN(Cc3ccccc3)C2)n1. The Labute approximate surface area is 161 Å². The molecule has 3 heterocycles. The van der Waals surface area contributed by atoms with Crippen LogP contribution in [0.2, 0.25) is 0 Å². The van der Waals surface area contributed by atoms with Crippen LogP contribution in [0.3, 0.4) is 0 Å². The average molecular weight is 361 g/mol. The van der Waals surface area contributed by atoms with E-state index in [2.05, 4.69) is 76.8 Å². The van der Waals surface area contributed by atoms with Crippen molar-refractivity contribution in [2.75, 3.05) is 13.1 Å². The zero-order valence-electron chi connectivity index (χ0n) is 16.3. The lowest BCUT2D eigenvalue weighted by molar-refractivity contribution is 0.198. The van der Waals surface area contributed by atoms with Crippen molar-refractivity contribution in [1.29, 1.82) is 0 Å². The summed E-state index contributed by atoms with van der Waals surface area (Å²) in [5.41, 5.74) is 2.59. The van der Waals surface area contributed by atoms with Crippen molar-refractivity contribution < 1.29 is 0 Å². The van der Waals surface area contributed by atoms with Gasteiger partial charge in [-0.25, -0.2) is 9.97 Å². The second kappa shape index (κ2) is 8.05. The quantitative estimate of drug-likeness (QED) is 0.657. The molecule has 2 aromatic heterocycles. The van der Waals surface area contributed by atoms with Gasteiger partial charge < -0.3 is 0 Å². The Morgan fingerprint density at radius 1 is 1.07 bits per heavy atom. The number of aromatic nitrogens is 3. The van der Waals surface area contributed by atoms with Gasteiger partial charge in [0.05, 0.1) is 0 Å². The van der Waals surface area contributed by atoms with Gasteiger partial charge in [-0.05, 0) is 37.1 Å². The highest BCUT2D eigenvalue weighted by Crippen LogP contribution is 2.27. The van der Waals surface area contributed by atoms with Gasteiger partial charge in [0.25, 0.3) is 0 Å². The fourth-order valence-corrected chi connectivity index (χ4v) is 4.02. The van der Waals surface area contributed by atoms with Crippen LogP contribution in [-0.2, 0) is 6.54 Å². The Hall–Kier alpha value is -2.46. The molecule has 4 nitrogen and oxygen atoms in total. The lowest BCUT2D eigenvalue weighted by Gasteiger charge is -2.32. The Bertz CT molecular complexity index is 869. The summed E-state index contributed by atoms with van der Waals surface area (Å²) in [5, 5.41) is 0. The van der Waals surface area contributed by atoms with Crippen LogP contribution < -0.4 is 0 Å². The van der Waals surface area contributed by atoms with Crippen molar-refractivity contribution in [3.05, 3.63) is 78.0 Å². The molecule has 0 radical (unpaired) electrons. The summed E-state index contributed by atoms with van der Waals surface area (Å²) in [6.45, 7) is 7.61. The van der Waals surface area contributed by atoms with E-state index in [9.17, 15) is 0 Å². The summed E-state index contributed by atoms with van der Waals surface area (Å²) in [5.74, 6) is 2.91. The second-order valence-electron chi connectivity index (χ2n) is 7.79.